The van der Waals surface area contributed by atoms with Crippen molar-refractivity contribution in [3.63, 3.8) is 0 Å². The highest BCUT2D eigenvalue weighted by Gasteiger charge is 2.07. The Morgan fingerprint density at radius 2 is 2.17 bits per heavy atom. The number of aliphatic hydroxyl groups is 1. The Kier molecular flexibility index (Phi) is 2.87. The standard InChI is InChI=1S/C9H11BFO/c1-6(12)8-5-7(11)3-4-9(8)10-2/h3-6,12H,1-2H3/t6-/m1/s1. The molecule has 0 aliphatic heterocycles. The summed E-state index contributed by atoms with van der Waals surface area (Å²) in [5.74, 6) is -0.309. The van der Waals surface area contributed by atoms with Crippen molar-refractivity contribution in [2.24, 2.45) is 0 Å². The van der Waals surface area contributed by atoms with Crippen molar-refractivity contribution in [1.82, 2.24) is 0 Å². The topological polar surface area (TPSA) is 20.2 Å². The van der Waals surface area contributed by atoms with Gasteiger partial charge in [0.15, 0.2) is 0 Å². The van der Waals surface area contributed by atoms with Crippen molar-refractivity contribution in [2.45, 2.75) is 19.9 Å². The summed E-state index contributed by atoms with van der Waals surface area (Å²) in [6, 6.07) is 4.42. The van der Waals surface area contributed by atoms with Gasteiger partial charge in [-0.05, 0) is 24.6 Å². The molecule has 0 unspecified atom stereocenters. The van der Waals surface area contributed by atoms with E-state index in [1.807, 2.05) is 14.1 Å². The molecule has 0 amide bonds. The second kappa shape index (κ2) is 3.72. The van der Waals surface area contributed by atoms with Gasteiger partial charge in [-0.1, -0.05) is 18.4 Å². The van der Waals surface area contributed by atoms with Gasteiger partial charge in [0, 0.05) is 0 Å². The zero-order valence-corrected chi connectivity index (χ0v) is 7.21. The molecule has 0 bridgehead atoms. The molecule has 1 aromatic rings. The minimum Gasteiger partial charge on any atom is -0.389 e. The Morgan fingerprint density at radius 3 is 2.67 bits per heavy atom. The van der Waals surface area contributed by atoms with Crippen LogP contribution in [0.15, 0.2) is 18.2 Å². The second-order valence-electron chi connectivity index (χ2n) is 2.74. The molecule has 0 saturated heterocycles. The highest BCUT2D eigenvalue weighted by Crippen LogP contribution is 2.10. The van der Waals surface area contributed by atoms with Crippen molar-refractivity contribution in [3.05, 3.63) is 29.6 Å². The summed E-state index contributed by atoms with van der Waals surface area (Å²) in [6.45, 7) is 3.49. The third-order valence-electron chi connectivity index (χ3n) is 1.81. The van der Waals surface area contributed by atoms with Crippen LogP contribution in [0.2, 0.25) is 6.82 Å². The Balaban J connectivity index is 3.12. The molecule has 1 aromatic carbocycles. The molecule has 63 valence electrons. The summed E-state index contributed by atoms with van der Waals surface area (Å²) in [7, 11) is 1.85. The zero-order chi connectivity index (χ0) is 9.14. The van der Waals surface area contributed by atoms with Gasteiger partial charge in [-0.3, -0.25) is 0 Å². The summed E-state index contributed by atoms with van der Waals surface area (Å²) in [5.41, 5.74) is 1.52. The van der Waals surface area contributed by atoms with Gasteiger partial charge in [0.1, 0.15) is 13.1 Å². The molecule has 1 N–H and O–H groups in total. The first-order chi connectivity index (χ1) is 5.65. The zero-order valence-electron chi connectivity index (χ0n) is 7.21. The summed E-state index contributed by atoms with van der Waals surface area (Å²) in [4.78, 5) is 0. The van der Waals surface area contributed by atoms with Crippen LogP contribution in [-0.4, -0.2) is 12.4 Å². The fraction of sp³-hybridized carbons (Fsp3) is 0.333. The second-order valence-corrected chi connectivity index (χ2v) is 2.74. The maximum Gasteiger partial charge on any atom is 0.148 e. The molecule has 1 rings (SSSR count). The Hall–Kier alpha value is -0.825. The molecule has 0 heterocycles. The summed E-state index contributed by atoms with van der Waals surface area (Å²) in [6.07, 6.45) is -0.619. The van der Waals surface area contributed by atoms with Crippen molar-refractivity contribution in [2.75, 3.05) is 0 Å². The fourth-order valence-electron chi connectivity index (χ4n) is 1.17. The Morgan fingerprint density at radius 1 is 1.50 bits per heavy atom. The van der Waals surface area contributed by atoms with E-state index in [0.717, 1.165) is 5.46 Å². The highest BCUT2D eigenvalue weighted by molar-refractivity contribution is 6.52. The first kappa shape index (κ1) is 9.26. The highest BCUT2D eigenvalue weighted by atomic mass is 19.1. The lowest BCUT2D eigenvalue weighted by molar-refractivity contribution is 0.200. The smallest absolute Gasteiger partial charge is 0.148 e. The molecule has 12 heavy (non-hydrogen) atoms. The predicted molar refractivity (Wildman–Crippen MR) is 48.3 cm³/mol. The lowest BCUT2D eigenvalue weighted by Gasteiger charge is -2.09. The first-order valence-electron chi connectivity index (χ1n) is 3.92. The van der Waals surface area contributed by atoms with E-state index >= 15 is 0 Å². The van der Waals surface area contributed by atoms with Crippen LogP contribution in [0.25, 0.3) is 0 Å². The molecule has 0 aromatic heterocycles. The van der Waals surface area contributed by atoms with Gasteiger partial charge in [0.2, 0.25) is 0 Å². The molecule has 3 heteroatoms. The van der Waals surface area contributed by atoms with E-state index < -0.39 is 6.10 Å². The molecule has 1 atom stereocenters. The maximum absolute atomic E-state index is 12.7. The van der Waals surface area contributed by atoms with Gasteiger partial charge in [-0.25, -0.2) is 4.39 Å². The van der Waals surface area contributed by atoms with Gasteiger partial charge < -0.3 is 5.11 Å². The van der Waals surface area contributed by atoms with Crippen LogP contribution in [0, 0.1) is 5.82 Å². The van der Waals surface area contributed by atoms with Crippen molar-refractivity contribution >= 4 is 12.7 Å². The third-order valence-corrected chi connectivity index (χ3v) is 1.81. The predicted octanol–water partition coefficient (Wildman–Crippen LogP) is 1.26. The molecule has 0 aliphatic rings. The van der Waals surface area contributed by atoms with Crippen LogP contribution in [0.4, 0.5) is 4.39 Å². The molecule has 0 spiro atoms. The van der Waals surface area contributed by atoms with Crippen molar-refractivity contribution < 1.29 is 9.50 Å². The molecular weight excluding hydrogens is 154 g/mol. The average Bonchev–Trinajstić information content (AvgIpc) is 2.04. The average molecular weight is 165 g/mol. The van der Waals surface area contributed by atoms with Crippen LogP contribution in [0.1, 0.15) is 18.6 Å². The first-order valence-corrected chi connectivity index (χ1v) is 3.92. The minimum absolute atomic E-state index is 0.309. The third kappa shape index (κ3) is 1.86. The van der Waals surface area contributed by atoms with Gasteiger partial charge in [-0.15, -0.1) is 0 Å². The van der Waals surface area contributed by atoms with E-state index in [9.17, 15) is 9.50 Å². The minimum atomic E-state index is -0.619. The summed E-state index contributed by atoms with van der Waals surface area (Å²) < 4.78 is 12.7. The van der Waals surface area contributed by atoms with Gasteiger partial charge in [0.25, 0.3) is 0 Å². The number of rotatable bonds is 2. The quantitative estimate of drug-likeness (QED) is 0.654. The van der Waals surface area contributed by atoms with Gasteiger partial charge >= 0.3 is 0 Å². The van der Waals surface area contributed by atoms with Crippen LogP contribution >= 0.6 is 0 Å². The monoisotopic (exact) mass is 165 g/mol. The van der Waals surface area contributed by atoms with Gasteiger partial charge in [-0.2, -0.15) is 0 Å². The van der Waals surface area contributed by atoms with Crippen LogP contribution in [0.5, 0.6) is 0 Å². The van der Waals surface area contributed by atoms with Crippen LogP contribution < -0.4 is 5.46 Å². The van der Waals surface area contributed by atoms with E-state index in [2.05, 4.69) is 0 Å². The van der Waals surface area contributed by atoms with Crippen molar-refractivity contribution in [1.29, 1.82) is 0 Å². The summed E-state index contributed by atoms with van der Waals surface area (Å²) in [5, 5.41) is 9.27. The normalized spacial score (nSPS) is 12.7. The van der Waals surface area contributed by atoms with Crippen LogP contribution in [-0.2, 0) is 0 Å². The van der Waals surface area contributed by atoms with Crippen molar-refractivity contribution in [3.8, 4) is 0 Å². The Labute approximate surface area is 72.5 Å². The lowest BCUT2D eigenvalue weighted by Crippen LogP contribution is -2.18. The molecule has 1 nitrogen and oxygen atoms in total. The number of benzene rings is 1. The number of aliphatic hydroxyl groups excluding tert-OH is 1. The van der Waals surface area contributed by atoms with E-state index in [4.69, 9.17) is 0 Å². The molecule has 0 aliphatic carbocycles. The summed E-state index contributed by atoms with van der Waals surface area (Å²) >= 11 is 0. The number of hydrogen-bond acceptors (Lipinski definition) is 1. The Bertz CT molecular complexity index is 273. The molecular formula is C9H11BFO. The van der Waals surface area contributed by atoms with E-state index in [1.54, 1.807) is 13.0 Å². The van der Waals surface area contributed by atoms with E-state index in [-0.39, 0.29) is 5.82 Å². The van der Waals surface area contributed by atoms with Gasteiger partial charge in [0.05, 0.1) is 6.10 Å². The lowest BCUT2D eigenvalue weighted by atomic mass is 9.70. The number of hydrogen-bond donors (Lipinski definition) is 1. The molecule has 0 fully saturated rings. The van der Waals surface area contributed by atoms with E-state index in [1.165, 1.54) is 12.1 Å². The molecule has 1 radical (unpaired) electrons. The van der Waals surface area contributed by atoms with Crippen LogP contribution in [0.3, 0.4) is 0 Å². The largest absolute Gasteiger partial charge is 0.389 e. The maximum atomic E-state index is 12.7. The van der Waals surface area contributed by atoms with E-state index in [0.29, 0.717) is 5.56 Å². The SMILES string of the molecule is C[B]c1ccc(F)cc1[C@@H](C)O. The number of halogens is 1. The molecule has 0 saturated carbocycles. The fourth-order valence-corrected chi connectivity index (χ4v) is 1.17.